The van der Waals surface area contributed by atoms with Gasteiger partial charge < -0.3 is 20.1 Å². The van der Waals surface area contributed by atoms with E-state index in [1.54, 1.807) is 0 Å². The number of anilines is 1. The van der Waals surface area contributed by atoms with Gasteiger partial charge in [-0.1, -0.05) is 54.6 Å². The summed E-state index contributed by atoms with van der Waals surface area (Å²) in [5, 5.41) is 12.8. The molecule has 0 aliphatic rings. The maximum absolute atomic E-state index is 11.8. The molecule has 0 bridgehead atoms. The standard InChI is InChI=1S/C27H32N2O3/c1-3-29(4-2)24-14-10-22(11-15-24)19-28-26(27(30)31)18-21-12-16-25(17-13-21)32-20-23-8-6-5-7-9-23/h5-17,26,28H,3-4,18-20H2,1-2H3,(H,30,31). The molecule has 3 aromatic carbocycles. The molecule has 0 saturated heterocycles. The third kappa shape index (κ3) is 6.86. The maximum atomic E-state index is 11.8. The van der Waals surface area contributed by atoms with Gasteiger partial charge in [-0.3, -0.25) is 4.79 Å². The van der Waals surface area contributed by atoms with E-state index in [0.717, 1.165) is 35.5 Å². The van der Waals surface area contributed by atoms with Crippen LogP contribution in [0.15, 0.2) is 78.9 Å². The number of nitrogens with zero attached hydrogens (tertiary/aromatic N) is 1. The summed E-state index contributed by atoms with van der Waals surface area (Å²) in [5.74, 6) is -0.0834. The summed E-state index contributed by atoms with van der Waals surface area (Å²) < 4.78 is 5.81. The fourth-order valence-corrected chi connectivity index (χ4v) is 3.60. The zero-order valence-corrected chi connectivity index (χ0v) is 18.8. The lowest BCUT2D eigenvalue weighted by Crippen LogP contribution is -2.38. The van der Waals surface area contributed by atoms with Crippen LogP contribution < -0.4 is 15.0 Å². The maximum Gasteiger partial charge on any atom is 0.321 e. The smallest absolute Gasteiger partial charge is 0.321 e. The van der Waals surface area contributed by atoms with Crippen LogP contribution in [0.5, 0.6) is 5.75 Å². The van der Waals surface area contributed by atoms with Gasteiger partial charge in [-0.25, -0.2) is 0 Å². The summed E-state index contributed by atoms with van der Waals surface area (Å²) >= 11 is 0. The number of carboxylic acid groups (broad SMARTS) is 1. The number of hydrogen-bond donors (Lipinski definition) is 2. The minimum Gasteiger partial charge on any atom is -0.489 e. The van der Waals surface area contributed by atoms with Gasteiger partial charge in [-0.2, -0.15) is 0 Å². The fraction of sp³-hybridized carbons (Fsp3) is 0.296. The van der Waals surface area contributed by atoms with E-state index in [-0.39, 0.29) is 0 Å². The third-order valence-electron chi connectivity index (χ3n) is 5.53. The van der Waals surface area contributed by atoms with Crippen molar-refractivity contribution in [3.63, 3.8) is 0 Å². The molecule has 0 radical (unpaired) electrons. The first-order chi connectivity index (χ1) is 15.6. The highest BCUT2D eigenvalue weighted by molar-refractivity contribution is 5.74. The van der Waals surface area contributed by atoms with Crippen molar-refractivity contribution in [2.45, 2.75) is 39.5 Å². The number of carboxylic acids is 1. The zero-order valence-electron chi connectivity index (χ0n) is 18.8. The molecule has 168 valence electrons. The number of ether oxygens (including phenoxy) is 1. The van der Waals surface area contributed by atoms with Crippen LogP contribution in [0.2, 0.25) is 0 Å². The van der Waals surface area contributed by atoms with Crippen molar-refractivity contribution in [1.29, 1.82) is 0 Å². The van der Waals surface area contributed by atoms with E-state index in [1.807, 2.05) is 54.6 Å². The molecule has 0 amide bonds. The minimum absolute atomic E-state index is 0.409. The summed E-state index contributed by atoms with van der Waals surface area (Å²) in [6.07, 6.45) is 0.409. The topological polar surface area (TPSA) is 61.8 Å². The SMILES string of the molecule is CCN(CC)c1ccc(CNC(Cc2ccc(OCc3ccccc3)cc2)C(=O)O)cc1. The van der Waals surface area contributed by atoms with Crippen molar-refractivity contribution in [3.8, 4) is 5.75 Å². The Morgan fingerprint density at radius 3 is 2.09 bits per heavy atom. The highest BCUT2D eigenvalue weighted by Gasteiger charge is 2.17. The van der Waals surface area contributed by atoms with Gasteiger partial charge in [-0.05, 0) is 61.2 Å². The molecule has 0 saturated carbocycles. The molecular weight excluding hydrogens is 400 g/mol. The quantitative estimate of drug-likeness (QED) is 0.426. The third-order valence-corrected chi connectivity index (χ3v) is 5.53. The van der Waals surface area contributed by atoms with Crippen LogP contribution in [0.25, 0.3) is 0 Å². The molecule has 1 atom stereocenters. The van der Waals surface area contributed by atoms with Gasteiger partial charge >= 0.3 is 5.97 Å². The lowest BCUT2D eigenvalue weighted by atomic mass is 10.1. The van der Waals surface area contributed by atoms with Crippen LogP contribution in [0.3, 0.4) is 0 Å². The van der Waals surface area contributed by atoms with E-state index in [0.29, 0.717) is 19.6 Å². The Morgan fingerprint density at radius 2 is 1.50 bits per heavy atom. The average molecular weight is 433 g/mol. The fourth-order valence-electron chi connectivity index (χ4n) is 3.60. The number of benzene rings is 3. The molecule has 0 spiro atoms. The number of nitrogens with one attached hydrogen (secondary N) is 1. The van der Waals surface area contributed by atoms with Crippen molar-refractivity contribution >= 4 is 11.7 Å². The highest BCUT2D eigenvalue weighted by Crippen LogP contribution is 2.17. The van der Waals surface area contributed by atoms with Gasteiger partial charge in [0.05, 0.1) is 0 Å². The predicted octanol–water partition coefficient (Wildman–Crippen LogP) is 4.90. The number of aliphatic carboxylic acids is 1. The van der Waals surface area contributed by atoms with Crippen LogP contribution in [0, 0.1) is 0 Å². The average Bonchev–Trinajstić information content (AvgIpc) is 2.83. The largest absolute Gasteiger partial charge is 0.489 e. The van der Waals surface area contributed by atoms with E-state index in [2.05, 4.69) is 48.3 Å². The molecule has 32 heavy (non-hydrogen) atoms. The first-order valence-corrected chi connectivity index (χ1v) is 11.1. The molecule has 0 heterocycles. The molecule has 3 rings (SSSR count). The molecule has 5 heteroatoms. The number of hydrogen-bond acceptors (Lipinski definition) is 4. The van der Waals surface area contributed by atoms with Crippen molar-refractivity contribution < 1.29 is 14.6 Å². The van der Waals surface area contributed by atoms with E-state index >= 15 is 0 Å². The summed E-state index contributed by atoms with van der Waals surface area (Å²) in [4.78, 5) is 14.1. The van der Waals surface area contributed by atoms with E-state index in [1.165, 1.54) is 5.69 Å². The van der Waals surface area contributed by atoms with E-state index < -0.39 is 12.0 Å². The zero-order chi connectivity index (χ0) is 22.8. The molecular formula is C27H32N2O3. The lowest BCUT2D eigenvalue weighted by Gasteiger charge is -2.21. The summed E-state index contributed by atoms with van der Waals surface area (Å²) in [7, 11) is 0. The first-order valence-electron chi connectivity index (χ1n) is 11.1. The Labute approximate surface area is 190 Å². The molecule has 1 unspecified atom stereocenters. The normalized spacial score (nSPS) is 11.7. The predicted molar refractivity (Wildman–Crippen MR) is 129 cm³/mol. The van der Waals surface area contributed by atoms with Crippen molar-refractivity contribution in [2.24, 2.45) is 0 Å². The Balaban J connectivity index is 1.53. The van der Waals surface area contributed by atoms with Crippen molar-refractivity contribution in [3.05, 3.63) is 95.6 Å². The summed E-state index contributed by atoms with van der Waals surface area (Å²) in [5.41, 5.74) is 4.31. The van der Waals surface area contributed by atoms with Crippen LogP contribution >= 0.6 is 0 Å². The van der Waals surface area contributed by atoms with Gasteiger partial charge in [0.2, 0.25) is 0 Å². The second-order valence-electron chi connectivity index (χ2n) is 7.73. The van der Waals surface area contributed by atoms with Crippen molar-refractivity contribution in [1.82, 2.24) is 5.32 Å². The van der Waals surface area contributed by atoms with Gasteiger partial charge in [0.1, 0.15) is 18.4 Å². The van der Waals surface area contributed by atoms with Crippen LogP contribution in [0.1, 0.15) is 30.5 Å². The Kier molecular flexibility index (Phi) is 8.70. The molecule has 2 N–H and O–H groups in total. The Morgan fingerprint density at radius 1 is 0.875 bits per heavy atom. The van der Waals surface area contributed by atoms with Crippen molar-refractivity contribution in [2.75, 3.05) is 18.0 Å². The van der Waals surface area contributed by atoms with Crippen LogP contribution in [-0.2, 0) is 24.4 Å². The first kappa shape index (κ1) is 23.4. The molecule has 5 nitrogen and oxygen atoms in total. The molecule has 3 aromatic rings. The van der Waals surface area contributed by atoms with Gasteiger partial charge in [-0.15, -0.1) is 0 Å². The minimum atomic E-state index is -0.853. The van der Waals surface area contributed by atoms with Gasteiger partial charge in [0, 0.05) is 25.3 Å². The molecule has 0 aromatic heterocycles. The number of rotatable bonds is 12. The van der Waals surface area contributed by atoms with E-state index in [9.17, 15) is 9.90 Å². The molecule has 0 aliphatic carbocycles. The summed E-state index contributed by atoms with van der Waals surface area (Å²) in [6.45, 7) is 7.22. The summed E-state index contributed by atoms with van der Waals surface area (Å²) in [6, 6.07) is 25.3. The highest BCUT2D eigenvalue weighted by atomic mass is 16.5. The van der Waals surface area contributed by atoms with E-state index in [4.69, 9.17) is 4.74 Å². The second kappa shape index (κ2) is 11.9. The molecule has 0 aliphatic heterocycles. The monoisotopic (exact) mass is 432 g/mol. The lowest BCUT2D eigenvalue weighted by molar-refractivity contribution is -0.139. The van der Waals surface area contributed by atoms with Crippen LogP contribution in [0.4, 0.5) is 5.69 Å². The van der Waals surface area contributed by atoms with Gasteiger partial charge in [0.15, 0.2) is 0 Å². The Bertz CT molecular complexity index is 952. The molecule has 0 fully saturated rings. The van der Waals surface area contributed by atoms with Gasteiger partial charge in [0.25, 0.3) is 0 Å². The second-order valence-corrected chi connectivity index (χ2v) is 7.73. The Hall–Kier alpha value is -3.31. The van der Waals surface area contributed by atoms with Crippen LogP contribution in [-0.4, -0.2) is 30.2 Å². The number of carbonyl (C=O) groups is 1.